The maximum Gasteiger partial charge on any atom is 0.0751 e. The maximum atomic E-state index is 6.28. The lowest BCUT2D eigenvalue weighted by Crippen LogP contribution is -2.42. The van der Waals surface area contributed by atoms with Crippen LogP contribution in [0.5, 0.6) is 0 Å². The average molecular weight is 249 g/mol. The Kier molecular flexibility index (Phi) is 6.37. The minimum Gasteiger partial charge on any atom is -0.377 e. The summed E-state index contributed by atoms with van der Waals surface area (Å²) in [5, 5.41) is 0. The summed E-state index contributed by atoms with van der Waals surface area (Å²) in [4.78, 5) is 0. The Hall–Kier alpha value is -0.860. The fourth-order valence-corrected chi connectivity index (χ4v) is 2.30. The third-order valence-electron chi connectivity index (χ3n) is 3.34. The zero-order chi connectivity index (χ0) is 13.5. The van der Waals surface area contributed by atoms with Crippen LogP contribution in [0.25, 0.3) is 0 Å². The van der Waals surface area contributed by atoms with Crippen molar-refractivity contribution in [1.82, 2.24) is 0 Å². The summed E-state index contributed by atoms with van der Waals surface area (Å²) >= 11 is 0. The van der Waals surface area contributed by atoms with E-state index < -0.39 is 0 Å². The predicted molar refractivity (Wildman–Crippen MR) is 77.8 cm³/mol. The van der Waals surface area contributed by atoms with Crippen molar-refractivity contribution in [3.8, 4) is 0 Å². The van der Waals surface area contributed by atoms with Gasteiger partial charge >= 0.3 is 0 Å². The van der Waals surface area contributed by atoms with E-state index in [0.29, 0.717) is 5.92 Å². The van der Waals surface area contributed by atoms with E-state index in [2.05, 4.69) is 45.0 Å². The molecule has 102 valence electrons. The van der Waals surface area contributed by atoms with Gasteiger partial charge < -0.3 is 10.5 Å². The SMILES string of the molecule is CCOC(C(C)C)C(N)Cc1ccc(CC)cc1. The molecule has 2 nitrogen and oxygen atoms in total. The zero-order valence-corrected chi connectivity index (χ0v) is 12.1. The Bertz CT molecular complexity index is 331. The smallest absolute Gasteiger partial charge is 0.0751 e. The van der Waals surface area contributed by atoms with Gasteiger partial charge in [0.15, 0.2) is 0 Å². The molecule has 0 radical (unpaired) electrons. The molecule has 0 aliphatic carbocycles. The molecule has 0 heterocycles. The fraction of sp³-hybridized carbons (Fsp3) is 0.625. The van der Waals surface area contributed by atoms with Gasteiger partial charge in [-0.15, -0.1) is 0 Å². The van der Waals surface area contributed by atoms with Crippen molar-refractivity contribution in [1.29, 1.82) is 0 Å². The third kappa shape index (κ3) is 4.43. The molecular formula is C16H27NO. The summed E-state index contributed by atoms with van der Waals surface area (Å²) in [6.45, 7) is 9.26. The monoisotopic (exact) mass is 249 g/mol. The molecule has 0 saturated heterocycles. The lowest BCUT2D eigenvalue weighted by atomic mass is 9.94. The van der Waals surface area contributed by atoms with Gasteiger partial charge in [-0.1, -0.05) is 45.0 Å². The highest BCUT2D eigenvalue weighted by molar-refractivity contribution is 5.23. The van der Waals surface area contributed by atoms with E-state index in [-0.39, 0.29) is 12.1 Å². The number of ether oxygens (including phenoxy) is 1. The molecule has 0 bridgehead atoms. The van der Waals surface area contributed by atoms with Gasteiger partial charge in [-0.3, -0.25) is 0 Å². The second kappa shape index (κ2) is 7.55. The minimum atomic E-state index is 0.0671. The number of nitrogens with two attached hydrogens (primary N) is 1. The van der Waals surface area contributed by atoms with Crippen LogP contribution in [-0.4, -0.2) is 18.8 Å². The molecule has 0 fully saturated rings. The number of rotatable bonds is 7. The first-order chi connectivity index (χ1) is 8.58. The highest BCUT2D eigenvalue weighted by Gasteiger charge is 2.21. The summed E-state index contributed by atoms with van der Waals surface area (Å²) in [6.07, 6.45) is 2.10. The second-order valence-corrected chi connectivity index (χ2v) is 5.20. The molecule has 0 aliphatic rings. The molecule has 1 aromatic rings. The molecule has 2 unspecified atom stereocenters. The molecule has 1 aromatic carbocycles. The van der Waals surface area contributed by atoms with E-state index in [1.54, 1.807) is 0 Å². The van der Waals surface area contributed by atoms with Gasteiger partial charge in [0.25, 0.3) is 0 Å². The van der Waals surface area contributed by atoms with Crippen molar-refractivity contribution in [3.63, 3.8) is 0 Å². The van der Waals surface area contributed by atoms with Gasteiger partial charge in [-0.2, -0.15) is 0 Å². The van der Waals surface area contributed by atoms with Crippen LogP contribution in [0.1, 0.15) is 38.8 Å². The molecule has 2 N–H and O–H groups in total. The van der Waals surface area contributed by atoms with Crippen LogP contribution in [0, 0.1) is 5.92 Å². The van der Waals surface area contributed by atoms with Gasteiger partial charge in [-0.05, 0) is 36.8 Å². The van der Waals surface area contributed by atoms with Crippen molar-refractivity contribution in [2.75, 3.05) is 6.61 Å². The summed E-state index contributed by atoms with van der Waals surface area (Å²) in [7, 11) is 0. The quantitative estimate of drug-likeness (QED) is 0.805. The highest BCUT2D eigenvalue weighted by Crippen LogP contribution is 2.15. The Morgan fingerprint density at radius 3 is 2.06 bits per heavy atom. The first-order valence-corrected chi connectivity index (χ1v) is 7.03. The van der Waals surface area contributed by atoms with Gasteiger partial charge in [0, 0.05) is 12.6 Å². The number of hydrogen-bond acceptors (Lipinski definition) is 2. The van der Waals surface area contributed by atoms with Crippen molar-refractivity contribution < 1.29 is 4.74 Å². The van der Waals surface area contributed by atoms with Crippen LogP contribution in [-0.2, 0) is 17.6 Å². The van der Waals surface area contributed by atoms with Gasteiger partial charge in [-0.25, -0.2) is 0 Å². The van der Waals surface area contributed by atoms with Crippen LogP contribution in [0.4, 0.5) is 0 Å². The third-order valence-corrected chi connectivity index (χ3v) is 3.34. The molecule has 18 heavy (non-hydrogen) atoms. The van der Waals surface area contributed by atoms with Gasteiger partial charge in [0.05, 0.1) is 6.10 Å². The predicted octanol–water partition coefficient (Wildman–Crippen LogP) is 3.18. The number of aryl methyl sites for hydroxylation is 1. The van der Waals surface area contributed by atoms with Crippen LogP contribution in [0.3, 0.4) is 0 Å². The largest absolute Gasteiger partial charge is 0.377 e. The van der Waals surface area contributed by atoms with E-state index in [0.717, 1.165) is 19.4 Å². The first-order valence-electron chi connectivity index (χ1n) is 7.03. The van der Waals surface area contributed by atoms with Crippen LogP contribution in [0.2, 0.25) is 0 Å². The van der Waals surface area contributed by atoms with Crippen LogP contribution >= 0.6 is 0 Å². The minimum absolute atomic E-state index is 0.0671. The molecule has 2 heteroatoms. The molecule has 0 amide bonds. The number of hydrogen-bond donors (Lipinski definition) is 1. The molecule has 0 aromatic heterocycles. The number of benzene rings is 1. The van der Waals surface area contributed by atoms with Crippen molar-refractivity contribution in [2.24, 2.45) is 11.7 Å². The Morgan fingerprint density at radius 2 is 1.61 bits per heavy atom. The van der Waals surface area contributed by atoms with Crippen molar-refractivity contribution in [3.05, 3.63) is 35.4 Å². The Morgan fingerprint density at radius 1 is 1.06 bits per heavy atom. The van der Waals surface area contributed by atoms with E-state index in [1.807, 2.05) is 6.92 Å². The zero-order valence-electron chi connectivity index (χ0n) is 12.1. The van der Waals surface area contributed by atoms with Crippen LogP contribution in [0.15, 0.2) is 24.3 Å². The summed E-state index contributed by atoms with van der Waals surface area (Å²) < 4.78 is 5.76. The van der Waals surface area contributed by atoms with E-state index in [4.69, 9.17) is 10.5 Å². The van der Waals surface area contributed by atoms with Gasteiger partial charge in [0.1, 0.15) is 0 Å². The lowest BCUT2D eigenvalue weighted by Gasteiger charge is -2.27. The standard InChI is InChI=1S/C16H27NO/c1-5-13-7-9-14(10-8-13)11-15(17)16(12(3)4)18-6-2/h7-10,12,15-16H,5-6,11,17H2,1-4H3. The molecule has 1 rings (SSSR count). The maximum absolute atomic E-state index is 6.28. The second-order valence-electron chi connectivity index (χ2n) is 5.20. The van der Waals surface area contributed by atoms with E-state index >= 15 is 0 Å². The van der Waals surface area contributed by atoms with Crippen molar-refractivity contribution >= 4 is 0 Å². The fourth-order valence-electron chi connectivity index (χ4n) is 2.30. The van der Waals surface area contributed by atoms with E-state index in [9.17, 15) is 0 Å². The molecule has 0 aliphatic heterocycles. The summed E-state index contributed by atoms with van der Waals surface area (Å²) in [5.74, 6) is 0.454. The molecule has 2 atom stereocenters. The Labute approximate surface area is 112 Å². The lowest BCUT2D eigenvalue weighted by molar-refractivity contribution is 0.0128. The van der Waals surface area contributed by atoms with Gasteiger partial charge in [0.2, 0.25) is 0 Å². The van der Waals surface area contributed by atoms with Crippen molar-refractivity contribution in [2.45, 2.75) is 52.7 Å². The first kappa shape index (κ1) is 15.2. The average Bonchev–Trinajstić information content (AvgIpc) is 2.36. The summed E-state index contributed by atoms with van der Waals surface area (Å²) in [6, 6.07) is 8.81. The molecule has 0 spiro atoms. The molecular weight excluding hydrogens is 222 g/mol. The normalized spacial score (nSPS) is 14.8. The molecule has 0 saturated carbocycles. The topological polar surface area (TPSA) is 35.2 Å². The van der Waals surface area contributed by atoms with Crippen LogP contribution < -0.4 is 5.73 Å². The van der Waals surface area contributed by atoms with E-state index in [1.165, 1.54) is 11.1 Å². The highest BCUT2D eigenvalue weighted by atomic mass is 16.5. The summed E-state index contributed by atoms with van der Waals surface area (Å²) in [5.41, 5.74) is 8.95. The Balaban J connectivity index is 2.63.